The van der Waals surface area contributed by atoms with E-state index >= 15 is 0 Å². The van der Waals surface area contributed by atoms with Gasteiger partial charge >= 0.3 is 5.97 Å². The van der Waals surface area contributed by atoms with E-state index in [0.29, 0.717) is 19.8 Å². The number of nitrogens with zero attached hydrogens (tertiary/aromatic N) is 3. The van der Waals surface area contributed by atoms with E-state index in [4.69, 9.17) is 4.74 Å². The average molecular weight is 281 g/mol. The van der Waals surface area contributed by atoms with Gasteiger partial charge in [-0.3, -0.25) is 14.4 Å². The highest BCUT2D eigenvalue weighted by atomic mass is 16.5. The number of aliphatic carboxylic acids is 1. The molecule has 1 aliphatic rings. The summed E-state index contributed by atoms with van der Waals surface area (Å²) in [6.45, 7) is 6.43. The predicted molar refractivity (Wildman–Crippen MR) is 74.4 cm³/mol. The van der Waals surface area contributed by atoms with Crippen LogP contribution >= 0.6 is 0 Å². The molecule has 1 N–H and O–H groups in total. The Hall–Kier alpha value is -1.40. The number of aromatic nitrogens is 2. The van der Waals surface area contributed by atoms with E-state index in [1.54, 1.807) is 0 Å². The molecule has 2 unspecified atom stereocenters. The minimum absolute atomic E-state index is 0.0579. The number of carboxylic acid groups (broad SMARTS) is 1. The van der Waals surface area contributed by atoms with Crippen LogP contribution in [-0.4, -0.2) is 51.6 Å². The van der Waals surface area contributed by atoms with Crippen LogP contribution in [0.3, 0.4) is 0 Å². The molecular formula is C14H23N3O3. The summed E-state index contributed by atoms with van der Waals surface area (Å²) < 4.78 is 7.25. The van der Waals surface area contributed by atoms with Crippen molar-refractivity contribution in [3.05, 3.63) is 17.5 Å². The number of aryl methyl sites for hydroxylation is 2. The second-order valence-electron chi connectivity index (χ2n) is 5.22. The third-order valence-corrected chi connectivity index (χ3v) is 4.00. The number of likely N-dealkylation sites (N-methyl/N-ethyl adjacent to an activating group) is 1. The second-order valence-corrected chi connectivity index (χ2v) is 5.22. The highest BCUT2D eigenvalue weighted by molar-refractivity contribution is 5.71. The van der Waals surface area contributed by atoms with Gasteiger partial charge in [0.25, 0.3) is 0 Å². The topological polar surface area (TPSA) is 67.6 Å². The smallest absolute Gasteiger partial charge is 0.310 e. The Morgan fingerprint density at radius 3 is 2.85 bits per heavy atom. The molecule has 112 valence electrons. The lowest BCUT2D eigenvalue weighted by atomic mass is 10.0. The molecule has 2 rings (SSSR count). The molecule has 0 aliphatic carbocycles. The van der Waals surface area contributed by atoms with Crippen LogP contribution in [0.1, 0.15) is 25.2 Å². The average Bonchev–Trinajstić information content (AvgIpc) is 3.02. The number of hydrogen-bond acceptors (Lipinski definition) is 4. The Labute approximate surface area is 119 Å². The molecule has 1 aromatic heterocycles. The van der Waals surface area contributed by atoms with Crippen molar-refractivity contribution in [2.45, 2.75) is 32.9 Å². The van der Waals surface area contributed by atoms with Crippen LogP contribution in [0.4, 0.5) is 0 Å². The van der Waals surface area contributed by atoms with Crippen molar-refractivity contribution in [2.75, 3.05) is 19.8 Å². The Balaban J connectivity index is 2.12. The summed E-state index contributed by atoms with van der Waals surface area (Å²) in [5.41, 5.74) is 2.18. The van der Waals surface area contributed by atoms with Crippen LogP contribution < -0.4 is 0 Å². The van der Waals surface area contributed by atoms with Gasteiger partial charge in [-0.25, -0.2) is 0 Å². The summed E-state index contributed by atoms with van der Waals surface area (Å²) in [4.78, 5) is 13.4. The Kier molecular flexibility index (Phi) is 4.77. The lowest BCUT2D eigenvalue weighted by Gasteiger charge is -2.28. The quantitative estimate of drug-likeness (QED) is 0.839. The van der Waals surface area contributed by atoms with Gasteiger partial charge in [0.15, 0.2) is 0 Å². The van der Waals surface area contributed by atoms with Crippen molar-refractivity contribution in [3.8, 4) is 0 Å². The van der Waals surface area contributed by atoms with Gasteiger partial charge in [0.2, 0.25) is 0 Å². The third-order valence-electron chi connectivity index (χ3n) is 4.00. The van der Waals surface area contributed by atoms with Crippen molar-refractivity contribution in [1.29, 1.82) is 0 Å². The molecule has 6 heteroatoms. The van der Waals surface area contributed by atoms with Gasteiger partial charge in [-0.1, -0.05) is 13.8 Å². The van der Waals surface area contributed by atoms with E-state index in [1.165, 1.54) is 0 Å². The molecule has 0 amide bonds. The van der Waals surface area contributed by atoms with E-state index in [9.17, 15) is 9.90 Å². The lowest BCUT2D eigenvalue weighted by Crippen LogP contribution is -2.42. The third kappa shape index (κ3) is 3.02. The fourth-order valence-electron chi connectivity index (χ4n) is 2.70. The summed E-state index contributed by atoms with van der Waals surface area (Å²) in [6, 6.07) is 2.03. The summed E-state index contributed by atoms with van der Waals surface area (Å²) in [5.74, 6) is -1.21. The first kappa shape index (κ1) is 15.0. The molecule has 2 atom stereocenters. The SMILES string of the molecule is CCc1cc(CN(CC)C2COCC2C(=O)O)n(C)n1. The van der Waals surface area contributed by atoms with Crippen molar-refractivity contribution < 1.29 is 14.6 Å². The molecule has 1 saturated heterocycles. The maximum atomic E-state index is 11.3. The fourth-order valence-corrected chi connectivity index (χ4v) is 2.70. The molecule has 0 radical (unpaired) electrons. The second kappa shape index (κ2) is 6.37. The van der Waals surface area contributed by atoms with Gasteiger partial charge in [-0.2, -0.15) is 5.10 Å². The molecule has 1 aliphatic heterocycles. The minimum atomic E-state index is -0.773. The molecule has 0 spiro atoms. The van der Waals surface area contributed by atoms with Crippen molar-refractivity contribution in [3.63, 3.8) is 0 Å². The fraction of sp³-hybridized carbons (Fsp3) is 0.714. The van der Waals surface area contributed by atoms with Crippen molar-refractivity contribution >= 4 is 5.97 Å². The maximum Gasteiger partial charge on any atom is 0.310 e. The standard InChI is InChI=1S/C14H23N3O3/c1-4-10-6-11(16(3)15-10)7-17(5-2)13-9-20-8-12(13)14(18)19/h6,12-13H,4-5,7-9H2,1-3H3,(H,18,19). The summed E-state index contributed by atoms with van der Waals surface area (Å²) in [5, 5.41) is 13.7. The van der Waals surface area contributed by atoms with Crippen LogP contribution in [-0.2, 0) is 29.5 Å². The van der Waals surface area contributed by atoms with E-state index in [2.05, 4.69) is 23.0 Å². The van der Waals surface area contributed by atoms with Gasteiger partial charge < -0.3 is 9.84 Å². The molecule has 1 aromatic rings. The zero-order valence-corrected chi connectivity index (χ0v) is 12.4. The Morgan fingerprint density at radius 2 is 2.30 bits per heavy atom. The summed E-state index contributed by atoms with van der Waals surface area (Å²) >= 11 is 0. The van der Waals surface area contributed by atoms with Crippen LogP contribution in [0.2, 0.25) is 0 Å². The Morgan fingerprint density at radius 1 is 1.55 bits per heavy atom. The molecule has 0 aromatic carbocycles. The van der Waals surface area contributed by atoms with Gasteiger partial charge in [0, 0.05) is 19.6 Å². The first-order valence-corrected chi connectivity index (χ1v) is 7.13. The van der Waals surface area contributed by atoms with E-state index < -0.39 is 11.9 Å². The number of ether oxygens (including phenoxy) is 1. The van der Waals surface area contributed by atoms with Gasteiger partial charge in [-0.05, 0) is 19.0 Å². The normalized spacial score (nSPS) is 22.6. The number of carbonyl (C=O) groups is 1. The molecule has 6 nitrogen and oxygen atoms in total. The van der Waals surface area contributed by atoms with E-state index in [-0.39, 0.29) is 6.04 Å². The van der Waals surface area contributed by atoms with Crippen molar-refractivity contribution in [2.24, 2.45) is 13.0 Å². The molecule has 0 saturated carbocycles. The van der Waals surface area contributed by atoms with E-state index in [0.717, 1.165) is 24.4 Å². The molecule has 0 bridgehead atoms. The summed E-state index contributed by atoms with van der Waals surface area (Å²) in [7, 11) is 1.93. The number of hydrogen-bond donors (Lipinski definition) is 1. The lowest BCUT2D eigenvalue weighted by molar-refractivity contribution is -0.143. The zero-order chi connectivity index (χ0) is 14.7. The number of rotatable bonds is 6. The highest BCUT2D eigenvalue weighted by Crippen LogP contribution is 2.22. The first-order chi connectivity index (χ1) is 9.56. The van der Waals surface area contributed by atoms with Gasteiger partial charge in [-0.15, -0.1) is 0 Å². The van der Waals surface area contributed by atoms with Crippen LogP contribution in [0, 0.1) is 5.92 Å². The van der Waals surface area contributed by atoms with E-state index in [1.807, 2.05) is 18.7 Å². The Bertz CT molecular complexity index is 472. The molecule has 1 fully saturated rings. The van der Waals surface area contributed by atoms with Crippen LogP contribution in [0.15, 0.2) is 6.07 Å². The maximum absolute atomic E-state index is 11.3. The minimum Gasteiger partial charge on any atom is -0.481 e. The van der Waals surface area contributed by atoms with Crippen molar-refractivity contribution in [1.82, 2.24) is 14.7 Å². The predicted octanol–water partition coefficient (Wildman–Crippen LogP) is 0.904. The largest absolute Gasteiger partial charge is 0.481 e. The molecule has 2 heterocycles. The summed E-state index contributed by atoms with van der Waals surface area (Å²) in [6.07, 6.45) is 0.907. The molecule has 20 heavy (non-hydrogen) atoms. The van der Waals surface area contributed by atoms with Gasteiger partial charge in [0.1, 0.15) is 0 Å². The number of carboxylic acids is 1. The van der Waals surface area contributed by atoms with Gasteiger partial charge in [0.05, 0.1) is 30.5 Å². The molecular weight excluding hydrogens is 258 g/mol. The highest BCUT2D eigenvalue weighted by Gasteiger charge is 2.37. The van der Waals surface area contributed by atoms with Crippen LogP contribution in [0.25, 0.3) is 0 Å². The zero-order valence-electron chi connectivity index (χ0n) is 12.4. The first-order valence-electron chi connectivity index (χ1n) is 7.13. The van der Waals surface area contributed by atoms with Crippen LogP contribution in [0.5, 0.6) is 0 Å². The monoisotopic (exact) mass is 281 g/mol.